The first-order valence-corrected chi connectivity index (χ1v) is 14.9. The van der Waals surface area contributed by atoms with Gasteiger partial charge in [0, 0.05) is 37.0 Å². The highest BCUT2D eigenvalue weighted by Crippen LogP contribution is 2.36. The van der Waals surface area contributed by atoms with Crippen LogP contribution in [-0.4, -0.2) is 84.0 Å². The molecule has 3 amide bonds. The molecule has 2 aromatic rings. The average molecular weight is 651 g/mol. The molecule has 0 aliphatic carbocycles. The topological polar surface area (TPSA) is 116 Å². The number of nitrogens with one attached hydrogen (secondary N) is 1. The van der Waals surface area contributed by atoms with Crippen molar-refractivity contribution in [2.45, 2.75) is 62.7 Å². The predicted octanol–water partition coefficient (Wildman–Crippen LogP) is 3.42. The number of halogens is 5. The van der Waals surface area contributed by atoms with Crippen molar-refractivity contribution in [3.8, 4) is 5.75 Å². The highest BCUT2D eigenvalue weighted by Gasteiger charge is 2.54. The minimum absolute atomic E-state index is 0.0202. The van der Waals surface area contributed by atoms with Gasteiger partial charge in [-0.2, -0.15) is 4.31 Å². The number of sulfonamides is 1. The SMILES string of the molecule is CC(=O)NC1CN(S(=O)(=O)c2ccc(OC(F)(F)F)cc2Cl)C2CN(C(C)C)C(=O)C(Cc3ccc(Cl)cc3)N2C1=O. The first kappa shape index (κ1) is 31.9. The molecule has 3 atom stereocenters. The van der Waals surface area contributed by atoms with Crippen molar-refractivity contribution in [2.75, 3.05) is 13.1 Å². The summed E-state index contributed by atoms with van der Waals surface area (Å²) in [6.07, 6.45) is -6.23. The van der Waals surface area contributed by atoms with Crippen molar-refractivity contribution in [3.05, 3.63) is 58.1 Å². The number of rotatable bonds is 7. The maximum atomic E-state index is 14.1. The molecule has 1 N–H and O–H groups in total. The first-order valence-electron chi connectivity index (χ1n) is 12.7. The molecule has 2 aliphatic heterocycles. The first-order chi connectivity index (χ1) is 19.5. The minimum Gasteiger partial charge on any atom is -0.406 e. The summed E-state index contributed by atoms with van der Waals surface area (Å²) in [5, 5.41) is 2.35. The summed E-state index contributed by atoms with van der Waals surface area (Å²) in [5.41, 5.74) is 0.647. The van der Waals surface area contributed by atoms with Crippen molar-refractivity contribution in [3.63, 3.8) is 0 Å². The number of hydrogen-bond donors (Lipinski definition) is 1. The Morgan fingerprint density at radius 2 is 1.71 bits per heavy atom. The van der Waals surface area contributed by atoms with Crippen LogP contribution in [0, 0.1) is 0 Å². The number of carbonyl (C=O) groups is 3. The highest BCUT2D eigenvalue weighted by molar-refractivity contribution is 7.89. The molecule has 0 aromatic heterocycles. The second-order valence-corrected chi connectivity index (χ2v) is 12.8. The van der Waals surface area contributed by atoms with E-state index in [1.807, 2.05) is 0 Å². The van der Waals surface area contributed by atoms with E-state index in [4.69, 9.17) is 23.2 Å². The van der Waals surface area contributed by atoms with Crippen LogP contribution in [0.1, 0.15) is 26.3 Å². The van der Waals surface area contributed by atoms with Gasteiger partial charge in [0.2, 0.25) is 27.7 Å². The predicted molar refractivity (Wildman–Crippen MR) is 146 cm³/mol. The fourth-order valence-corrected chi connectivity index (χ4v) is 7.30. The lowest BCUT2D eigenvalue weighted by molar-refractivity contribution is -0.274. The molecular formula is C26H27Cl2F3N4O6S. The molecule has 3 unspecified atom stereocenters. The van der Waals surface area contributed by atoms with Crippen molar-refractivity contribution in [1.29, 1.82) is 0 Å². The van der Waals surface area contributed by atoms with Gasteiger partial charge in [-0.3, -0.25) is 14.4 Å². The average Bonchev–Trinajstić information content (AvgIpc) is 2.86. The van der Waals surface area contributed by atoms with Gasteiger partial charge in [-0.05, 0) is 43.7 Å². The number of amides is 3. The Morgan fingerprint density at radius 3 is 2.26 bits per heavy atom. The van der Waals surface area contributed by atoms with Gasteiger partial charge in [-0.15, -0.1) is 13.2 Å². The van der Waals surface area contributed by atoms with Crippen LogP contribution in [0.4, 0.5) is 13.2 Å². The van der Waals surface area contributed by atoms with Crippen molar-refractivity contribution >= 4 is 50.9 Å². The van der Waals surface area contributed by atoms with Gasteiger partial charge in [0.1, 0.15) is 28.9 Å². The van der Waals surface area contributed by atoms with E-state index in [0.717, 1.165) is 28.3 Å². The lowest BCUT2D eigenvalue weighted by Crippen LogP contribution is -2.76. The third-order valence-corrected chi connectivity index (χ3v) is 9.50. The zero-order chi connectivity index (χ0) is 31.1. The fourth-order valence-electron chi connectivity index (χ4n) is 5.08. The maximum Gasteiger partial charge on any atom is 0.573 e. The van der Waals surface area contributed by atoms with Crippen LogP contribution in [0.5, 0.6) is 5.75 Å². The van der Waals surface area contributed by atoms with Crippen LogP contribution in [0.3, 0.4) is 0 Å². The summed E-state index contributed by atoms with van der Waals surface area (Å²) in [5.74, 6) is -2.41. The lowest BCUT2D eigenvalue weighted by atomic mass is 9.96. The smallest absolute Gasteiger partial charge is 0.406 e. The summed E-state index contributed by atoms with van der Waals surface area (Å²) in [6, 6.07) is 6.10. The summed E-state index contributed by atoms with van der Waals surface area (Å²) in [7, 11) is -4.62. The van der Waals surface area contributed by atoms with E-state index in [1.165, 1.54) is 4.90 Å². The number of carbonyl (C=O) groups excluding carboxylic acids is 3. The Balaban J connectivity index is 1.81. The molecule has 42 heavy (non-hydrogen) atoms. The molecule has 2 heterocycles. The molecule has 2 aromatic carbocycles. The second-order valence-electron chi connectivity index (χ2n) is 10.1. The molecule has 228 valence electrons. The minimum atomic E-state index is -5.03. The molecule has 0 spiro atoms. The molecule has 10 nitrogen and oxygen atoms in total. The van der Waals surface area contributed by atoms with Crippen LogP contribution >= 0.6 is 23.2 Å². The quantitative estimate of drug-likeness (QED) is 0.491. The summed E-state index contributed by atoms with van der Waals surface area (Å²) in [6.45, 7) is 3.94. The third-order valence-electron chi connectivity index (χ3n) is 6.90. The van der Waals surface area contributed by atoms with E-state index in [9.17, 15) is 36.0 Å². The van der Waals surface area contributed by atoms with E-state index in [2.05, 4.69) is 10.1 Å². The molecule has 0 saturated carbocycles. The van der Waals surface area contributed by atoms with Crippen LogP contribution in [0.2, 0.25) is 10.0 Å². The second kappa shape index (κ2) is 11.9. The number of piperazine rings is 1. The molecule has 16 heteroatoms. The number of alkyl halides is 3. The number of hydrogen-bond acceptors (Lipinski definition) is 6. The van der Waals surface area contributed by atoms with Gasteiger partial charge in [-0.25, -0.2) is 8.42 Å². The Kier molecular flexibility index (Phi) is 9.03. The van der Waals surface area contributed by atoms with Crippen LogP contribution < -0.4 is 10.1 Å². The van der Waals surface area contributed by atoms with Gasteiger partial charge >= 0.3 is 6.36 Å². The van der Waals surface area contributed by atoms with Crippen molar-refractivity contribution in [2.24, 2.45) is 0 Å². The van der Waals surface area contributed by atoms with E-state index in [-0.39, 0.29) is 19.0 Å². The van der Waals surface area contributed by atoms with Crippen molar-refractivity contribution < 1.29 is 40.7 Å². The molecule has 0 bridgehead atoms. The van der Waals surface area contributed by atoms with Gasteiger partial charge in [0.25, 0.3) is 0 Å². The fraction of sp³-hybridized carbons (Fsp3) is 0.423. The van der Waals surface area contributed by atoms with Gasteiger partial charge in [0.15, 0.2) is 0 Å². The Bertz CT molecular complexity index is 1490. The summed E-state index contributed by atoms with van der Waals surface area (Å²) < 4.78 is 71.1. The molecule has 4 rings (SSSR count). The monoisotopic (exact) mass is 650 g/mol. The normalized spacial score (nSPS) is 21.9. The maximum absolute atomic E-state index is 14.1. The zero-order valence-electron chi connectivity index (χ0n) is 22.6. The molecular weight excluding hydrogens is 624 g/mol. The number of nitrogens with zero attached hydrogens (tertiary/aromatic N) is 3. The van der Waals surface area contributed by atoms with Crippen LogP contribution in [0.25, 0.3) is 0 Å². The Hall–Kier alpha value is -3.07. The third kappa shape index (κ3) is 6.61. The highest BCUT2D eigenvalue weighted by atomic mass is 35.5. The Labute approximate surface area is 250 Å². The van der Waals surface area contributed by atoms with E-state index in [0.29, 0.717) is 16.7 Å². The lowest BCUT2D eigenvalue weighted by Gasteiger charge is -2.54. The molecule has 2 saturated heterocycles. The number of fused-ring (bicyclic) bond motifs is 1. The number of ether oxygens (including phenoxy) is 1. The molecule has 2 aliphatic rings. The van der Waals surface area contributed by atoms with Crippen molar-refractivity contribution in [1.82, 2.24) is 19.4 Å². The Morgan fingerprint density at radius 1 is 1.07 bits per heavy atom. The zero-order valence-corrected chi connectivity index (χ0v) is 24.9. The van der Waals surface area contributed by atoms with Crippen LogP contribution in [0.15, 0.2) is 47.4 Å². The van der Waals surface area contributed by atoms with Gasteiger partial charge < -0.3 is 19.9 Å². The van der Waals surface area contributed by atoms with E-state index in [1.54, 1.807) is 38.1 Å². The van der Waals surface area contributed by atoms with Gasteiger partial charge in [-0.1, -0.05) is 35.3 Å². The van der Waals surface area contributed by atoms with Crippen LogP contribution in [-0.2, 0) is 30.8 Å². The molecule has 2 fully saturated rings. The summed E-state index contributed by atoms with van der Waals surface area (Å²) >= 11 is 12.2. The standard InChI is InChI=1S/C26H27Cl2F3N4O6S/c1-14(2)33-13-23-34(42(39,40)22-9-8-18(11-19(22)28)41-26(29,30)31)12-20(32-15(3)36)24(37)35(23)21(25(33)38)10-16-4-6-17(27)7-5-16/h4-9,11,14,20-21,23H,10,12-13H2,1-3H3,(H,32,36). The largest absolute Gasteiger partial charge is 0.573 e. The summed E-state index contributed by atoms with van der Waals surface area (Å²) in [4.78, 5) is 41.6. The number of benzene rings is 2. The molecule has 0 radical (unpaired) electrons. The van der Waals surface area contributed by atoms with E-state index < -0.39 is 74.6 Å². The van der Waals surface area contributed by atoms with Gasteiger partial charge in [0.05, 0.1) is 11.6 Å². The van der Waals surface area contributed by atoms with E-state index >= 15 is 0 Å².